The molecule has 2 unspecified atom stereocenters. The zero-order chi connectivity index (χ0) is 21.8. The first-order valence-corrected chi connectivity index (χ1v) is 13.2. The first-order valence-electron chi connectivity index (χ1n) is 11.6. The maximum Gasteiger partial charge on any atom is 0.227 e. The number of ether oxygens (including phenoxy) is 1. The average molecular weight is 450 g/mol. The Labute approximate surface area is 185 Å². The third-order valence-electron chi connectivity index (χ3n) is 7.11. The van der Waals surface area contributed by atoms with Crippen molar-refractivity contribution in [3.63, 3.8) is 0 Å². The number of morpholine rings is 1. The number of amides is 1. The largest absolute Gasteiger partial charge is 0.378 e. The van der Waals surface area contributed by atoms with Gasteiger partial charge in [-0.3, -0.25) is 9.69 Å². The predicted molar refractivity (Wildman–Crippen MR) is 119 cm³/mol. The van der Waals surface area contributed by atoms with E-state index < -0.39 is 15.1 Å². The normalized spacial score (nSPS) is 26.7. The quantitative estimate of drug-likeness (QED) is 0.737. The van der Waals surface area contributed by atoms with E-state index in [1.165, 1.54) is 19.3 Å². The van der Waals surface area contributed by atoms with E-state index in [1.54, 1.807) is 18.2 Å². The van der Waals surface area contributed by atoms with Crippen LogP contribution in [0.1, 0.15) is 44.1 Å². The number of nitrogens with zero attached hydrogens (tertiary/aromatic N) is 2. The number of nitrogens with two attached hydrogens (primary N) is 1. The van der Waals surface area contributed by atoms with E-state index in [0.717, 1.165) is 18.4 Å². The first kappa shape index (κ1) is 22.7. The molecule has 2 N–H and O–H groups in total. The van der Waals surface area contributed by atoms with Crippen LogP contribution in [0.5, 0.6) is 0 Å². The van der Waals surface area contributed by atoms with Crippen LogP contribution in [0.3, 0.4) is 0 Å². The lowest BCUT2D eigenvalue weighted by Gasteiger charge is -2.43. The summed E-state index contributed by atoms with van der Waals surface area (Å²) in [5.74, 6) is -0.203. The maximum absolute atomic E-state index is 13.6. The Morgan fingerprint density at radius 3 is 2.55 bits per heavy atom. The van der Waals surface area contributed by atoms with Gasteiger partial charge in [-0.15, -0.1) is 0 Å². The Morgan fingerprint density at radius 2 is 1.84 bits per heavy atom. The van der Waals surface area contributed by atoms with Gasteiger partial charge in [0, 0.05) is 38.8 Å². The van der Waals surface area contributed by atoms with Crippen molar-refractivity contribution in [1.29, 1.82) is 0 Å². The van der Waals surface area contributed by atoms with Crippen molar-refractivity contribution in [2.24, 2.45) is 11.7 Å². The number of piperidine rings is 1. The zero-order valence-electron chi connectivity index (χ0n) is 18.2. The Morgan fingerprint density at radius 1 is 1.10 bits per heavy atom. The molecule has 2 atom stereocenters. The van der Waals surface area contributed by atoms with Crippen molar-refractivity contribution >= 4 is 15.7 Å². The topological polar surface area (TPSA) is 92.9 Å². The van der Waals surface area contributed by atoms with Crippen LogP contribution in [-0.2, 0) is 25.9 Å². The van der Waals surface area contributed by atoms with Crippen LogP contribution in [0, 0.1) is 5.92 Å². The number of hydrogen-bond donors (Lipinski definition) is 1. The van der Waals surface area contributed by atoms with Gasteiger partial charge < -0.3 is 15.4 Å². The molecule has 4 rings (SSSR count). The van der Waals surface area contributed by atoms with Gasteiger partial charge in [-0.25, -0.2) is 8.42 Å². The molecule has 2 aliphatic heterocycles. The van der Waals surface area contributed by atoms with Crippen LogP contribution in [-0.4, -0.2) is 74.8 Å². The summed E-state index contributed by atoms with van der Waals surface area (Å²) in [7, 11) is -3.56. The number of likely N-dealkylation sites (tertiary alicyclic amines) is 1. The molecule has 2 heterocycles. The molecule has 0 bridgehead atoms. The Hall–Kier alpha value is -1.48. The second-order valence-corrected chi connectivity index (χ2v) is 11.4. The number of benzene rings is 1. The highest BCUT2D eigenvalue weighted by molar-refractivity contribution is 7.92. The van der Waals surface area contributed by atoms with Crippen molar-refractivity contribution < 1.29 is 17.9 Å². The molecule has 172 valence electrons. The van der Waals surface area contributed by atoms with Crippen LogP contribution in [0.15, 0.2) is 29.2 Å². The Bertz CT molecular complexity index is 863. The minimum Gasteiger partial charge on any atom is -0.378 e. The van der Waals surface area contributed by atoms with Crippen LogP contribution < -0.4 is 5.73 Å². The number of sulfone groups is 1. The van der Waals surface area contributed by atoms with Crippen LogP contribution in [0.2, 0.25) is 0 Å². The van der Waals surface area contributed by atoms with Gasteiger partial charge in [-0.1, -0.05) is 31.4 Å². The molecule has 1 amide bonds. The zero-order valence-corrected chi connectivity index (χ0v) is 19.1. The monoisotopic (exact) mass is 449 g/mol. The molecule has 2 saturated heterocycles. The molecule has 0 radical (unpaired) electrons. The summed E-state index contributed by atoms with van der Waals surface area (Å²) in [6.45, 7) is 3.77. The molecule has 1 aromatic rings. The minimum atomic E-state index is -3.56. The first-order chi connectivity index (χ1) is 15.0. The van der Waals surface area contributed by atoms with Crippen molar-refractivity contribution in [2.75, 3.05) is 39.4 Å². The van der Waals surface area contributed by atoms with E-state index in [4.69, 9.17) is 10.5 Å². The average Bonchev–Trinajstić information content (AvgIpc) is 2.84. The van der Waals surface area contributed by atoms with E-state index in [9.17, 15) is 13.2 Å². The SMILES string of the molecule is NCc1cccc(S(=O)(=O)C2CC(C(=O)N3CCOCC3)CN(C3CCCCC3)C2)c1. The minimum absolute atomic E-state index is 0.0831. The molecule has 0 spiro atoms. The summed E-state index contributed by atoms with van der Waals surface area (Å²) in [6.07, 6.45) is 6.17. The molecule has 1 aromatic carbocycles. The second-order valence-electron chi connectivity index (χ2n) is 9.13. The molecular formula is C23H35N3O4S. The Balaban J connectivity index is 1.59. The fourth-order valence-corrected chi connectivity index (χ4v) is 7.16. The molecule has 3 fully saturated rings. The van der Waals surface area contributed by atoms with E-state index >= 15 is 0 Å². The number of carbonyl (C=O) groups excluding carboxylic acids is 1. The number of hydrogen-bond acceptors (Lipinski definition) is 6. The van der Waals surface area contributed by atoms with E-state index in [2.05, 4.69) is 4.90 Å². The van der Waals surface area contributed by atoms with E-state index in [-0.39, 0.29) is 11.8 Å². The summed E-state index contributed by atoms with van der Waals surface area (Å²) in [5, 5.41) is -0.578. The van der Waals surface area contributed by atoms with Gasteiger partial charge in [0.05, 0.1) is 29.3 Å². The summed E-state index contributed by atoms with van der Waals surface area (Å²) in [6, 6.07) is 7.33. The summed E-state index contributed by atoms with van der Waals surface area (Å²) in [4.78, 5) is 17.8. The van der Waals surface area contributed by atoms with Gasteiger partial charge >= 0.3 is 0 Å². The van der Waals surface area contributed by atoms with Gasteiger partial charge in [0.25, 0.3) is 0 Å². The maximum atomic E-state index is 13.6. The van der Waals surface area contributed by atoms with Crippen molar-refractivity contribution in [3.8, 4) is 0 Å². The molecule has 7 nitrogen and oxygen atoms in total. The lowest BCUT2D eigenvalue weighted by Crippen LogP contribution is -2.55. The molecule has 1 aliphatic carbocycles. The summed E-state index contributed by atoms with van der Waals surface area (Å²) in [5.41, 5.74) is 6.55. The standard InChI is InChI=1S/C23H35N3O4S/c24-15-18-5-4-8-21(13-18)31(28,29)22-14-19(23(27)25-9-11-30-12-10-25)16-26(17-22)20-6-2-1-3-7-20/h4-5,8,13,19-20,22H,1-3,6-7,9-12,14-17,24H2. The molecular weight excluding hydrogens is 414 g/mol. The lowest BCUT2D eigenvalue weighted by molar-refractivity contribution is -0.141. The highest BCUT2D eigenvalue weighted by Crippen LogP contribution is 2.33. The molecule has 3 aliphatic rings. The third-order valence-corrected chi connectivity index (χ3v) is 9.24. The van der Waals surface area contributed by atoms with Crippen LogP contribution >= 0.6 is 0 Å². The van der Waals surface area contributed by atoms with Crippen molar-refractivity contribution in [3.05, 3.63) is 29.8 Å². The third kappa shape index (κ3) is 5.13. The van der Waals surface area contributed by atoms with Gasteiger partial charge in [-0.2, -0.15) is 0 Å². The molecule has 0 aromatic heterocycles. The van der Waals surface area contributed by atoms with Crippen LogP contribution in [0.25, 0.3) is 0 Å². The fraction of sp³-hybridized carbons (Fsp3) is 0.696. The number of carbonyl (C=O) groups is 1. The predicted octanol–water partition coefficient (Wildman–Crippen LogP) is 1.80. The second kappa shape index (κ2) is 9.98. The van der Waals surface area contributed by atoms with Gasteiger partial charge in [-0.05, 0) is 37.0 Å². The van der Waals surface area contributed by atoms with Crippen molar-refractivity contribution in [2.45, 2.75) is 61.3 Å². The van der Waals surface area contributed by atoms with Gasteiger partial charge in [0.2, 0.25) is 5.91 Å². The highest BCUT2D eigenvalue weighted by atomic mass is 32.2. The summed E-state index contributed by atoms with van der Waals surface area (Å²) < 4.78 is 32.6. The molecule has 8 heteroatoms. The van der Waals surface area contributed by atoms with Gasteiger partial charge in [0.1, 0.15) is 0 Å². The smallest absolute Gasteiger partial charge is 0.227 e. The highest BCUT2D eigenvalue weighted by Gasteiger charge is 2.42. The van der Waals surface area contributed by atoms with E-state index in [0.29, 0.717) is 63.3 Å². The molecule has 1 saturated carbocycles. The fourth-order valence-electron chi connectivity index (χ4n) is 5.32. The number of rotatable bonds is 5. The summed E-state index contributed by atoms with van der Waals surface area (Å²) >= 11 is 0. The molecule has 31 heavy (non-hydrogen) atoms. The lowest BCUT2D eigenvalue weighted by atomic mass is 9.89. The van der Waals surface area contributed by atoms with Crippen molar-refractivity contribution in [1.82, 2.24) is 9.80 Å². The Kier molecular flexibility index (Phi) is 7.31. The van der Waals surface area contributed by atoms with E-state index in [1.807, 2.05) is 11.0 Å². The van der Waals surface area contributed by atoms with Gasteiger partial charge in [0.15, 0.2) is 9.84 Å². The van der Waals surface area contributed by atoms with Crippen LogP contribution in [0.4, 0.5) is 0 Å².